The Labute approximate surface area is 256 Å². The third kappa shape index (κ3) is 11.8. The van der Waals surface area contributed by atoms with Crippen molar-refractivity contribution in [2.75, 3.05) is 43.0 Å². The second kappa shape index (κ2) is 16.2. The van der Waals surface area contributed by atoms with Gasteiger partial charge in [0.1, 0.15) is 6.04 Å². The van der Waals surface area contributed by atoms with Gasteiger partial charge in [0, 0.05) is 48.0 Å². The number of carbonyl (C=O) groups is 5. The molecule has 4 rings (SSSR count). The van der Waals surface area contributed by atoms with E-state index in [-0.39, 0.29) is 23.5 Å². The molecule has 2 saturated heterocycles. The van der Waals surface area contributed by atoms with Crippen LogP contribution >= 0.6 is 23.2 Å². The summed E-state index contributed by atoms with van der Waals surface area (Å²) in [5.74, 6) is -6.93. The smallest absolute Gasteiger partial charge is 0.414 e. The van der Waals surface area contributed by atoms with Crippen LogP contribution in [0.2, 0.25) is 10.0 Å². The third-order valence-corrected chi connectivity index (χ3v) is 8.49. The molecule has 5 N–H and O–H groups in total. The maximum Gasteiger partial charge on any atom is 0.414 e. The molecular weight excluding hydrogens is 633 g/mol. The highest BCUT2D eigenvalue weighted by Crippen LogP contribution is 2.28. The van der Waals surface area contributed by atoms with E-state index in [1.807, 2.05) is 30.3 Å². The summed E-state index contributed by atoms with van der Waals surface area (Å²) in [6, 6.07) is 14.3. The van der Waals surface area contributed by atoms with Gasteiger partial charge in [-0.05, 0) is 30.2 Å². The molecule has 2 unspecified atom stereocenters. The minimum Gasteiger partial charge on any atom is -0.473 e. The Morgan fingerprint density at radius 2 is 1.28 bits per heavy atom. The summed E-state index contributed by atoms with van der Waals surface area (Å²) in [5.41, 5.74) is 1.46. The van der Waals surface area contributed by atoms with E-state index >= 15 is 0 Å². The topological polar surface area (TPSA) is 219 Å². The Bertz CT molecular complexity index is 1360. The number of nitrogens with one attached hydrogen (secondary N) is 1. The Balaban J connectivity index is 0.000000455. The average Bonchev–Trinajstić information content (AvgIpc) is 3.29. The van der Waals surface area contributed by atoms with E-state index in [4.69, 9.17) is 62.8 Å². The number of aliphatic carboxylic acids is 4. The van der Waals surface area contributed by atoms with E-state index in [9.17, 15) is 13.2 Å². The molecule has 0 spiro atoms. The summed E-state index contributed by atoms with van der Waals surface area (Å²) in [4.78, 5) is 54.1. The van der Waals surface area contributed by atoms with Gasteiger partial charge in [-0.25, -0.2) is 27.6 Å². The van der Waals surface area contributed by atoms with Crippen LogP contribution in [0.15, 0.2) is 48.5 Å². The van der Waals surface area contributed by atoms with Gasteiger partial charge in [0.25, 0.3) is 0 Å². The second-order valence-electron chi connectivity index (χ2n) is 9.31. The summed E-state index contributed by atoms with van der Waals surface area (Å²) < 4.78 is 23.7. The molecule has 0 radical (unpaired) electrons. The van der Waals surface area contributed by atoms with Crippen LogP contribution in [0, 0.1) is 0 Å². The van der Waals surface area contributed by atoms with Gasteiger partial charge in [0.15, 0.2) is 9.84 Å². The number of carboxylic acids is 4. The van der Waals surface area contributed by atoms with Crippen LogP contribution in [-0.4, -0.2) is 112 Å². The van der Waals surface area contributed by atoms with Crippen molar-refractivity contribution in [2.24, 2.45) is 0 Å². The fraction of sp³-hybridized carbons (Fsp3) is 0.346. The van der Waals surface area contributed by atoms with Crippen LogP contribution in [0.1, 0.15) is 18.0 Å². The molecule has 0 bridgehead atoms. The van der Waals surface area contributed by atoms with E-state index in [0.29, 0.717) is 35.2 Å². The van der Waals surface area contributed by atoms with Crippen molar-refractivity contribution in [1.29, 1.82) is 0 Å². The predicted molar refractivity (Wildman–Crippen MR) is 155 cm³/mol. The van der Waals surface area contributed by atoms with Crippen molar-refractivity contribution in [3.8, 4) is 0 Å². The van der Waals surface area contributed by atoms with Gasteiger partial charge in [0.2, 0.25) is 5.91 Å². The first-order valence-corrected chi connectivity index (χ1v) is 15.1. The van der Waals surface area contributed by atoms with Crippen LogP contribution in [-0.2, 0) is 33.8 Å². The highest BCUT2D eigenvalue weighted by molar-refractivity contribution is 7.91. The molecule has 14 nitrogen and oxygen atoms in total. The number of hydrogen-bond donors (Lipinski definition) is 5. The highest BCUT2D eigenvalue weighted by Gasteiger charge is 2.36. The minimum atomic E-state index is -2.91. The number of sulfone groups is 1. The van der Waals surface area contributed by atoms with Crippen LogP contribution in [0.25, 0.3) is 0 Å². The molecule has 2 aliphatic rings. The second-order valence-corrected chi connectivity index (χ2v) is 12.4. The summed E-state index contributed by atoms with van der Waals surface area (Å²) >= 11 is 12.2. The first-order chi connectivity index (χ1) is 20.1. The van der Waals surface area contributed by atoms with E-state index in [0.717, 1.165) is 18.7 Å². The van der Waals surface area contributed by atoms with Gasteiger partial charge in [-0.2, -0.15) is 0 Å². The first-order valence-electron chi connectivity index (χ1n) is 12.5. The van der Waals surface area contributed by atoms with Crippen LogP contribution in [0.4, 0.5) is 5.69 Å². The largest absolute Gasteiger partial charge is 0.473 e. The first kappa shape index (κ1) is 35.4. The fourth-order valence-corrected chi connectivity index (χ4v) is 6.71. The zero-order chi connectivity index (χ0) is 32.3. The van der Waals surface area contributed by atoms with Gasteiger partial charge >= 0.3 is 23.9 Å². The SMILES string of the molecule is O=C(Nc1cc(Cl)cc(Cl)c1)C(c1ccccc1)N1CCN(C2CCS(=O)(=O)C2)CC1.O=C(O)C(=O)O.O=C(O)C(=O)O. The molecule has 2 fully saturated rings. The molecule has 2 aromatic rings. The van der Waals surface area contributed by atoms with Crippen LogP contribution < -0.4 is 5.32 Å². The number of rotatable bonds is 5. The molecule has 2 atom stereocenters. The number of piperazine rings is 1. The molecule has 0 aromatic heterocycles. The van der Waals surface area contributed by atoms with Gasteiger partial charge in [-0.1, -0.05) is 53.5 Å². The van der Waals surface area contributed by atoms with Crippen LogP contribution in [0.3, 0.4) is 0 Å². The Morgan fingerprint density at radius 1 is 0.791 bits per heavy atom. The van der Waals surface area contributed by atoms with Crippen molar-refractivity contribution in [3.63, 3.8) is 0 Å². The molecule has 0 aliphatic carbocycles. The number of benzene rings is 2. The molecule has 0 saturated carbocycles. The minimum absolute atomic E-state index is 0.0877. The Hall–Kier alpha value is -3.76. The summed E-state index contributed by atoms with van der Waals surface area (Å²) in [5, 5.41) is 33.4. The fourth-order valence-electron chi connectivity index (χ4n) is 4.42. The highest BCUT2D eigenvalue weighted by atomic mass is 35.5. The van der Waals surface area contributed by atoms with Crippen molar-refractivity contribution in [1.82, 2.24) is 9.80 Å². The zero-order valence-corrected chi connectivity index (χ0v) is 24.8. The molecule has 234 valence electrons. The number of carboxylic acid groups (broad SMARTS) is 4. The van der Waals surface area contributed by atoms with E-state index in [1.54, 1.807) is 18.2 Å². The summed E-state index contributed by atoms with van der Waals surface area (Å²) in [6.07, 6.45) is 0.695. The predicted octanol–water partition coefficient (Wildman–Crippen LogP) is 1.79. The number of amides is 1. The number of nitrogens with zero attached hydrogens (tertiary/aromatic N) is 2. The average molecular weight is 663 g/mol. The molecule has 2 aromatic carbocycles. The maximum absolute atomic E-state index is 13.3. The molecular formula is C26H29Cl2N3O11S. The van der Waals surface area contributed by atoms with Crippen molar-refractivity contribution in [2.45, 2.75) is 18.5 Å². The number of carbonyl (C=O) groups excluding carboxylic acids is 1. The Morgan fingerprint density at radius 3 is 1.70 bits per heavy atom. The molecule has 2 aliphatic heterocycles. The van der Waals surface area contributed by atoms with Crippen LogP contribution in [0.5, 0.6) is 0 Å². The van der Waals surface area contributed by atoms with Gasteiger partial charge in [-0.3, -0.25) is 14.6 Å². The standard InChI is InChI=1S/C22H25Cl2N3O3S.2C2H2O4/c23-17-12-18(24)14-19(13-17)25-22(28)21(16-4-2-1-3-5-16)27-9-7-26(8-10-27)20-6-11-31(29,30)15-20;2*3-1(4)2(5)6/h1-5,12-14,20-21H,6-11,15H2,(H,25,28);2*(H,3,4)(H,5,6). The van der Waals surface area contributed by atoms with E-state index in [2.05, 4.69) is 15.1 Å². The number of hydrogen-bond acceptors (Lipinski definition) is 9. The van der Waals surface area contributed by atoms with E-state index < -0.39 is 39.8 Å². The molecule has 17 heteroatoms. The lowest BCUT2D eigenvalue weighted by Crippen LogP contribution is -2.53. The maximum atomic E-state index is 13.3. The summed E-state index contributed by atoms with van der Waals surface area (Å²) in [7, 11) is -2.91. The molecule has 43 heavy (non-hydrogen) atoms. The Kier molecular flexibility index (Phi) is 13.3. The van der Waals surface area contributed by atoms with Crippen molar-refractivity contribution in [3.05, 3.63) is 64.1 Å². The third-order valence-electron chi connectivity index (χ3n) is 6.30. The normalized spacial score (nSPS) is 18.5. The lowest BCUT2D eigenvalue weighted by atomic mass is 10.0. The van der Waals surface area contributed by atoms with Crippen molar-refractivity contribution >= 4 is 68.5 Å². The molecule has 1 amide bonds. The molecule has 2 heterocycles. The van der Waals surface area contributed by atoms with Gasteiger partial charge in [0.05, 0.1) is 11.5 Å². The van der Waals surface area contributed by atoms with Gasteiger partial charge in [-0.15, -0.1) is 0 Å². The quantitative estimate of drug-likeness (QED) is 0.289. The zero-order valence-electron chi connectivity index (χ0n) is 22.4. The lowest BCUT2D eigenvalue weighted by Gasteiger charge is -2.40. The van der Waals surface area contributed by atoms with Crippen molar-refractivity contribution < 1.29 is 52.8 Å². The number of halogens is 2. The number of anilines is 1. The van der Waals surface area contributed by atoms with E-state index in [1.165, 1.54) is 0 Å². The van der Waals surface area contributed by atoms with Gasteiger partial charge < -0.3 is 25.7 Å². The monoisotopic (exact) mass is 661 g/mol. The lowest BCUT2D eigenvalue weighted by molar-refractivity contribution is -0.159. The summed E-state index contributed by atoms with van der Waals surface area (Å²) in [6.45, 7) is 2.83.